The zero-order valence-electron chi connectivity index (χ0n) is 21.6. The van der Waals surface area contributed by atoms with E-state index in [1.54, 1.807) is 14.0 Å². The highest BCUT2D eigenvalue weighted by atomic mass is 16.4. The molecule has 0 aliphatic carbocycles. The second kappa shape index (κ2) is 11.7. The minimum atomic E-state index is -2.05. The van der Waals surface area contributed by atoms with Gasteiger partial charge in [0.15, 0.2) is 12.2 Å². The Morgan fingerprint density at radius 1 is 0.812 bits per heavy atom. The Morgan fingerprint density at radius 2 is 1.25 bits per heavy atom. The predicted octanol–water partition coefficient (Wildman–Crippen LogP) is 0.796. The smallest absolute Gasteiger partial charge is 0.265 e. The normalized spacial score (nSPS) is 18.0. The molecule has 0 heterocycles. The van der Waals surface area contributed by atoms with Crippen molar-refractivity contribution in [3.05, 3.63) is 0 Å². The van der Waals surface area contributed by atoms with Crippen LogP contribution in [0.15, 0.2) is 0 Å². The number of hydrogen-bond donors (Lipinski definition) is 6. The molecule has 190 valence electrons. The second-order valence-corrected chi connectivity index (χ2v) is 12.3. The van der Waals surface area contributed by atoms with E-state index < -0.39 is 36.2 Å². The summed E-state index contributed by atoms with van der Waals surface area (Å²) < 4.78 is 0. The van der Waals surface area contributed by atoms with E-state index in [0.29, 0.717) is 13.0 Å². The molecule has 5 atom stereocenters. The van der Waals surface area contributed by atoms with Gasteiger partial charge < -0.3 is 25.7 Å². The predicted molar refractivity (Wildman–Crippen MR) is 124 cm³/mol. The third-order valence-electron chi connectivity index (χ3n) is 4.80. The minimum absolute atomic E-state index is 0.0681. The van der Waals surface area contributed by atoms with Crippen molar-refractivity contribution in [2.45, 2.75) is 106 Å². The number of hydrogen-bond acceptors (Lipinski definition) is 7. The van der Waals surface area contributed by atoms with Gasteiger partial charge in [-0.25, -0.2) is 5.01 Å². The van der Waals surface area contributed by atoms with Gasteiger partial charge in [0.1, 0.15) is 12.2 Å². The van der Waals surface area contributed by atoms with Crippen molar-refractivity contribution < 1.29 is 30.0 Å². The van der Waals surface area contributed by atoms with Crippen molar-refractivity contribution in [1.82, 2.24) is 15.8 Å². The molecule has 9 nitrogen and oxygen atoms in total. The molecule has 0 saturated heterocycles. The average Bonchev–Trinajstić information content (AvgIpc) is 2.53. The minimum Gasteiger partial charge on any atom is -0.387 e. The van der Waals surface area contributed by atoms with Crippen LogP contribution in [0.25, 0.3) is 0 Å². The Hall–Kier alpha value is -1.26. The van der Waals surface area contributed by atoms with Crippen molar-refractivity contribution in [3.63, 3.8) is 0 Å². The lowest BCUT2D eigenvalue weighted by Crippen LogP contribution is -2.57. The fourth-order valence-electron chi connectivity index (χ4n) is 4.40. The highest BCUT2D eigenvalue weighted by molar-refractivity contribution is 5.83. The van der Waals surface area contributed by atoms with Gasteiger partial charge in [-0.05, 0) is 36.0 Å². The average molecular weight is 462 g/mol. The van der Waals surface area contributed by atoms with Gasteiger partial charge in [0.2, 0.25) is 0 Å². The molecule has 0 aromatic carbocycles. The van der Waals surface area contributed by atoms with Crippen LogP contribution in [0.4, 0.5) is 0 Å². The Kier molecular flexibility index (Phi) is 11.3. The molecule has 6 N–H and O–H groups in total. The maximum Gasteiger partial charge on any atom is 0.265 e. The zero-order chi connectivity index (χ0) is 25.7. The second-order valence-electron chi connectivity index (χ2n) is 12.3. The number of hydrazine groups is 1. The first-order valence-corrected chi connectivity index (χ1v) is 11.2. The van der Waals surface area contributed by atoms with Crippen molar-refractivity contribution in [1.29, 1.82) is 0 Å². The molecule has 0 aliphatic heterocycles. The van der Waals surface area contributed by atoms with Gasteiger partial charge in [-0.2, -0.15) is 0 Å². The van der Waals surface area contributed by atoms with Crippen LogP contribution in [0.3, 0.4) is 0 Å². The Balaban J connectivity index is 4.87. The number of nitrogens with one attached hydrogen (secondary N) is 2. The molecule has 0 saturated carbocycles. The molecule has 0 spiro atoms. The van der Waals surface area contributed by atoms with Crippen LogP contribution in [0.1, 0.15) is 75.2 Å². The molecule has 0 bridgehead atoms. The molecule has 1 unspecified atom stereocenters. The number of carbonyl (C=O) groups excluding carboxylic acids is 2. The van der Waals surface area contributed by atoms with Crippen molar-refractivity contribution in [3.8, 4) is 0 Å². The number of aliphatic hydroxyl groups excluding tert-OH is 4. The zero-order valence-corrected chi connectivity index (χ0v) is 21.6. The highest BCUT2D eigenvalue weighted by Crippen LogP contribution is 2.36. The van der Waals surface area contributed by atoms with Gasteiger partial charge in [0.05, 0.1) is 0 Å². The summed E-state index contributed by atoms with van der Waals surface area (Å²) in [6, 6.07) is -0.293. The highest BCUT2D eigenvalue weighted by Gasteiger charge is 2.38. The van der Waals surface area contributed by atoms with Crippen LogP contribution in [0, 0.1) is 16.2 Å². The molecule has 0 aromatic rings. The third kappa shape index (κ3) is 12.1. The Labute approximate surface area is 193 Å². The Morgan fingerprint density at radius 3 is 1.66 bits per heavy atom. The van der Waals surface area contributed by atoms with Gasteiger partial charge in [-0.15, -0.1) is 0 Å². The first-order chi connectivity index (χ1) is 14.1. The van der Waals surface area contributed by atoms with E-state index in [1.807, 2.05) is 20.8 Å². The van der Waals surface area contributed by atoms with Gasteiger partial charge in [0, 0.05) is 19.6 Å². The SMILES string of the molecule is CC(CC(C)(C)CC(C)(C)C)NC(=O)[C@@H](O)[C@H](O)[C@H](O)[C@@H](O)C(=O)NN(C)CC(C)(C)C. The monoisotopic (exact) mass is 461 g/mol. The van der Waals surface area contributed by atoms with Gasteiger partial charge in [-0.1, -0.05) is 55.4 Å². The lowest BCUT2D eigenvalue weighted by Gasteiger charge is -2.35. The lowest BCUT2D eigenvalue weighted by atomic mass is 9.73. The standard InChI is InChI=1S/C23H47N3O6/c1-14(11-23(8,9)12-21(2,3)4)24-19(31)17(29)15(27)16(28)18(30)20(32)25-26(10)13-22(5,6)7/h14-18,27-30H,11-13H2,1-10H3,(H,24,31)(H,25,32)/t14?,15-,16+,17+,18-/m1/s1. The summed E-state index contributed by atoms with van der Waals surface area (Å²) in [7, 11) is 1.60. The van der Waals surface area contributed by atoms with Crippen LogP contribution < -0.4 is 10.7 Å². The largest absolute Gasteiger partial charge is 0.387 e. The third-order valence-corrected chi connectivity index (χ3v) is 4.80. The molecule has 0 aliphatic rings. The Bertz CT molecular complexity index is 612. The van der Waals surface area contributed by atoms with Crippen LogP contribution in [-0.4, -0.2) is 81.3 Å². The number of rotatable bonds is 11. The molecule has 0 aromatic heterocycles. The van der Waals surface area contributed by atoms with Crippen molar-refractivity contribution in [2.24, 2.45) is 16.2 Å². The molecule has 0 fully saturated rings. The maximum absolute atomic E-state index is 12.4. The molecule has 32 heavy (non-hydrogen) atoms. The van der Waals surface area contributed by atoms with Crippen LogP contribution in [0.5, 0.6) is 0 Å². The van der Waals surface area contributed by atoms with Crippen LogP contribution >= 0.6 is 0 Å². The van der Waals surface area contributed by atoms with Gasteiger partial charge >= 0.3 is 0 Å². The summed E-state index contributed by atoms with van der Waals surface area (Å²) in [5, 5.41) is 44.7. The molecule has 0 rings (SSSR count). The van der Waals surface area contributed by atoms with E-state index >= 15 is 0 Å². The van der Waals surface area contributed by atoms with E-state index in [2.05, 4.69) is 45.4 Å². The summed E-state index contributed by atoms with van der Waals surface area (Å²) in [6.45, 7) is 18.8. The van der Waals surface area contributed by atoms with E-state index in [9.17, 15) is 30.0 Å². The summed E-state index contributed by atoms with van der Waals surface area (Å²) in [5.41, 5.74) is 2.33. The van der Waals surface area contributed by atoms with Crippen molar-refractivity contribution in [2.75, 3.05) is 13.6 Å². The fourth-order valence-corrected chi connectivity index (χ4v) is 4.40. The van der Waals surface area contributed by atoms with E-state index in [0.717, 1.165) is 6.42 Å². The van der Waals surface area contributed by atoms with E-state index in [-0.39, 0.29) is 22.3 Å². The first kappa shape index (κ1) is 30.7. The summed E-state index contributed by atoms with van der Waals surface area (Å²) in [5.74, 6) is -1.83. The van der Waals surface area contributed by atoms with Gasteiger partial charge in [-0.3, -0.25) is 15.0 Å². The molecular weight excluding hydrogens is 414 g/mol. The number of aliphatic hydroxyl groups is 4. The number of carbonyl (C=O) groups is 2. The number of nitrogens with zero attached hydrogens (tertiary/aromatic N) is 1. The molecular formula is C23H47N3O6. The number of amides is 2. The topological polar surface area (TPSA) is 142 Å². The van der Waals surface area contributed by atoms with Crippen molar-refractivity contribution >= 4 is 11.8 Å². The van der Waals surface area contributed by atoms with E-state index in [1.165, 1.54) is 5.01 Å². The maximum atomic E-state index is 12.4. The van der Waals surface area contributed by atoms with Crippen LogP contribution in [0.2, 0.25) is 0 Å². The fraction of sp³-hybridized carbons (Fsp3) is 0.913. The summed E-state index contributed by atoms with van der Waals surface area (Å²) in [6.07, 6.45) is -6.56. The molecule has 9 heteroatoms. The van der Waals surface area contributed by atoms with Crippen LogP contribution in [-0.2, 0) is 9.59 Å². The molecule has 0 radical (unpaired) electrons. The summed E-state index contributed by atoms with van der Waals surface area (Å²) >= 11 is 0. The van der Waals surface area contributed by atoms with E-state index in [4.69, 9.17) is 0 Å². The molecule has 2 amide bonds. The first-order valence-electron chi connectivity index (χ1n) is 11.2. The summed E-state index contributed by atoms with van der Waals surface area (Å²) in [4.78, 5) is 24.5. The lowest BCUT2D eigenvalue weighted by molar-refractivity contribution is -0.158. The van der Waals surface area contributed by atoms with Gasteiger partial charge in [0.25, 0.3) is 11.8 Å². The quantitative estimate of drug-likeness (QED) is 0.250.